The minimum Gasteiger partial charge on any atom is -0.497 e. The van der Waals surface area contributed by atoms with E-state index < -0.39 is 0 Å². The summed E-state index contributed by atoms with van der Waals surface area (Å²) in [4.78, 5) is 29.4. The zero-order valence-electron chi connectivity index (χ0n) is 15.5. The predicted octanol–water partition coefficient (Wildman–Crippen LogP) is 2.07. The van der Waals surface area contributed by atoms with Crippen LogP contribution in [-0.4, -0.2) is 35.0 Å². The molecule has 7 heteroatoms. The molecule has 3 rings (SSSR count). The average molecular weight is 368 g/mol. The molecule has 0 fully saturated rings. The summed E-state index contributed by atoms with van der Waals surface area (Å²) in [5.74, 6) is 0.510. The van der Waals surface area contributed by atoms with Crippen molar-refractivity contribution in [2.75, 3.05) is 13.7 Å². The molecule has 1 aromatic heterocycles. The number of carbonyl (C=O) groups excluding carboxylic acids is 2. The van der Waals surface area contributed by atoms with Crippen molar-refractivity contribution >= 4 is 11.8 Å². The van der Waals surface area contributed by atoms with Crippen LogP contribution < -0.4 is 15.4 Å². The van der Waals surface area contributed by atoms with Gasteiger partial charge in [-0.05, 0) is 37.0 Å². The van der Waals surface area contributed by atoms with E-state index in [4.69, 9.17) is 4.74 Å². The first-order valence-electron chi connectivity index (χ1n) is 9.03. The van der Waals surface area contributed by atoms with Crippen molar-refractivity contribution in [2.45, 2.75) is 32.4 Å². The maximum Gasteiger partial charge on any atom is 0.287 e. The Hall–Kier alpha value is -3.09. The van der Waals surface area contributed by atoms with E-state index in [0.29, 0.717) is 31.2 Å². The Morgan fingerprint density at radius 2 is 2.00 bits per heavy atom. The van der Waals surface area contributed by atoms with Gasteiger partial charge < -0.3 is 19.9 Å². The van der Waals surface area contributed by atoms with Crippen LogP contribution >= 0.6 is 0 Å². The van der Waals surface area contributed by atoms with Gasteiger partial charge >= 0.3 is 0 Å². The molecule has 2 heterocycles. The summed E-state index contributed by atoms with van der Waals surface area (Å²) < 4.78 is 7.00. The first-order chi connectivity index (χ1) is 13.1. The SMILES string of the molecule is C=CCNC(=O)c1nc(C(=O)NCc2ccc(OC)cc2)c2n1CCCC2. The number of nitrogens with one attached hydrogen (secondary N) is 2. The average Bonchev–Trinajstić information content (AvgIpc) is 3.10. The second-order valence-electron chi connectivity index (χ2n) is 6.37. The number of amides is 2. The molecule has 1 aliphatic rings. The molecule has 0 saturated carbocycles. The van der Waals surface area contributed by atoms with Gasteiger partial charge in [0.2, 0.25) is 0 Å². The maximum absolute atomic E-state index is 12.7. The van der Waals surface area contributed by atoms with E-state index in [1.54, 1.807) is 13.2 Å². The number of carbonyl (C=O) groups is 2. The molecular weight excluding hydrogens is 344 g/mol. The number of nitrogens with zero attached hydrogens (tertiary/aromatic N) is 2. The van der Waals surface area contributed by atoms with Gasteiger partial charge in [-0.25, -0.2) is 4.98 Å². The molecule has 142 valence electrons. The molecule has 0 spiro atoms. The number of rotatable bonds is 7. The smallest absolute Gasteiger partial charge is 0.287 e. The molecule has 2 N–H and O–H groups in total. The second kappa shape index (κ2) is 8.53. The van der Waals surface area contributed by atoms with Gasteiger partial charge in [-0.1, -0.05) is 18.2 Å². The molecular formula is C20H24N4O3. The molecule has 1 aliphatic heterocycles. The van der Waals surface area contributed by atoms with E-state index in [9.17, 15) is 9.59 Å². The summed E-state index contributed by atoms with van der Waals surface area (Å²) in [6.45, 7) is 5.04. The van der Waals surface area contributed by atoms with Gasteiger partial charge in [0, 0.05) is 19.6 Å². The number of benzene rings is 1. The molecule has 2 aromatic rings. The molecule has 1 aromatic carbocycles. The van der Waals surface area contributed by atoms with Crippen LogP contribution in [-0.2, 0) is 19.5 Å². The zero-order valence-corrected chi connectivity index (χ0v) is 15.5. The van der Waals surface area contributed by atoms with Crippen LogP contribution in [0.3, 0.4) is 0 Å². The van der Waals surface area contributed by atoms with Crippen molar-refractivity contribution in [3.05, 3.63) is 59.7 Å². The van der Waals surface area contributed by atoms with Crippen LogP contribution in [0.4, 0.5) is 0 Å². The fraction of sp³-hybridized carbons (Fsp3) is 0.350. The number of imidazole rings is 1. The lowest BCUT2D eigenvalue weighted by Crippen LogP contribution is -2.28. The summed E-state index contributed by atoms with van der Waals surface area (Å²) in [7, 11) is 1.61. The van der Waals surface area contributed by atoms with E-state index in [2.05, 4.69) is 22.2 Å². The van der Waals surface area contributed by atoms with Crippen LogP contribution in [0, 0.1) is 0 Å². The van der Waals surface area contributed by atoms with Crippen LogP contribution in [0.5, 0.6) is 5.75 Å². The summed E-state index contributed by atoms with van der Waals surface area (Å²) in [5.41, 5.74) is 2.13. The van der Waals surface area contributed by atoms with Gasteiger partial charge in [0.15, 0.2) is 5.82 Å². The van der Waals surface area contributed by atoms with E-state index in [1.165, 1.54) is 0 Å². The first kappa shape index (κ1) is 18.7. The Balaban J connectivity index is 1.76. The van der Waals surface area contributed by atoms with Gasteiger partial charge in [0.25, 0.3) is 11.8 Å². The highest BCUT2D eigenvalue weighted by Gasteiger charge is 2.27. The number of hydrogen-bond donors (Lipinski definition) is 2. The van der Waals surface area contributed by atoms with Crippen molar-refractivity contribution in [3.8, 4) is 5.75 Å². The third-order valence-electron chi connectivity index (χ3n) is 4.56. The second-order valence-corrected chi connectivity index (χ2v) is 6.37. The summed E-state index contributed by atoms with van der Waals surface area (Å²) in [5, 5.41) is 5.63. The quantitative estimate of drug-likeness (QED) is 0.733. The van der Waals surface area contributed by atoms with E-state index in [1.807, 2.05) is 28.8 Å². The zero-order chi connectivity index (χ0) is 19.2. The van der Waals surface area contributed by atoms with Gasteiger partial charge in [-0.3, -0.25) is 9.59 Å². The van der Waals surface area contributed by atoms with Crippen molar-refractivity contribution in [1.82, 2.24) is 20.2 Å². The van der Waals surface area contributed by atoms with Gasteiger partial charge in [0.05, 0.1) is 12.8 Å². The number of aromatic nitrogens is 2. The number of methoxy groups -OCH3 is 1. The monoisotopic (exact) mass is 368 g/mol. The lowest BCUT2D eigenvalue weighted by atomic mass is 10.1. The minimum atomic E-state index is -0.285. The van der Waals surface area contributed by atoms with Crippen LogP contribution in [0.15, 0.2) is 36.9 Å². The van der Waals surface area contributed by atoms with Crippen molar-refractivity contribution in [3.63, 3.8) is 0 Å². The molecule has 0 saturated heterocycles. The van der Waals surface area contributed by atoms with Crippen molar-refractivity contribution in [1.29, 1.82) is 0 Å². The highest BCUT2D eigenvalue weighted by molar-refractivity contribution is 5.97. The first-order valence-corrected chi connectivity index (χ1v) is 9.03. The highest BCUT2D eigenvalue weighted by atomic mass is 16.5. The molecule has 0 aliphatic carbocycles. The Bertz CT molecular complexity index is 840. The standard InChI is InChI=1S/C20H24N4O3/c1-3-11-21-20(26)18-23-17(16-6-4-5-12-24(16)18)19(25)22-13-14-7-9-15(27-2)10-8-14/h3,7-10H,1,4-6,11-13H2,2H3,(H,21,26)(H,22,25). The molecule has 2 amide bonds. The minimum absolute atomic E-state index is 0.265. The van der Waals surface area contributed by atoms with Crippen molar-refractivity contribution in [2.24, 2.45) is 0 Å². The highest BCUT2D eigenvalue weighted by Crippen LogP contribution is 2.21. The fourth-order valence-electron chi connectivity index (χ4n) is 3.15. The topological polar surface area (TPSA) is 85.2 Å². The van der Waals surface area contributed by atoms with E-state index >= 15 is 0 Å². The lowest BCUT2D eigenvalue weighted by Gasteiger charge is -2.17. The molecule has 0 radical (unpaired) electrons. The number of ether oxygens (including phenoxy) is 1. The van der Waals surface area contributed by atoms with Crippen LogP contribution in [0.2, 0.25) is 0 Å². The molecule has 0 atom stereocenters. The van der Waals surface area contributed by atoms with Crippen LogP contribution in [0.25, 0.3) is 0 Å². The van der Waals surface area contributed by atoms with Gasteiger partial charge in [-0.2, -0.15) is 0 Å². The Morgan fingerprint density at radius 3 is 2.70 bits per heavy atom. The predicted molar refractivity (Wildman–Crippen MR) is 102 cm³/mol. The Labute approximate surface area is 158 Å². The van der Waals surface area contributed by atoms with E-state index in [-0.39, 0.29) is 11.8 Å². The normalized spacial score (nSPS) is 12.8. The fourth-order valence-corrected chi connectivity index (χ4v) is 3.15. The Kier molecular flexibility index (Phi) is 5.90. The summed E-state index contributed by atoms with van der Waals surface area (Å²) >= 11 is 0. The lowest BCUT2D eigenvalue weighted by molar-refractivity contribution is 0.0941. The van der Waals surface area contributed by atoms with Crippen molar-refractivity contribution < 1.29 is 14.3 Å². The maximum atomic E-state index is 12.7. The molecule has 27 heavy (non-hydrogen) atoms. The number of fused-ring (bicyclic) bond motifs is 1. The number of hydrogen-bond acceptors (Lipinski definition) is 4. The molecule has 0 unspecified atom stereocenters. The third-order valence-corrected chi connectivity index (χ3v) is 4.56. The molecule has 0 bridgehead atoms. The third kappa shape index (κ3) is 4.19. The largest absolute Gasteiger partial charge is 0.497 e. The van der Waals surface area contributed by atoms with Gasteiger partial charge in [0.1, 0.15) is 11.4 Å². The van der Waals surface area contributed by atoms with Crippen LogP contribution in [0.1, 0.15) is 45.2 Å². The van der Waals surface area contributed by atoms with Gasteiger partial charge in [-0.15, -0.1) is 6.58 Å². The Morgan fingerprint density at radius 1 is 1.22 bits per heavy atom. The summed E-state index contributed by atoms with van der Waals surface area (Å²) in [6, 6.07) is 7.50. The summed E-state index contributed by atoms with van der Waals surface area (Å²) in [6.07, 6.45) is 4.31. The molecule has 7 nitrogen and oxygen atoms in total. The van der Waals surface area contributed by atoms with E-state index in [0.717, 1.165) is 36.3 Å².